The van der Waals surface area contributed by atoms with E-state index in [1.165, 1.54) is 11.1 Å². The second-order valence-electron chi connectivity index (χ2n) is 6.31. The number of hydrogen-bond acceptors (Lipinski definition) is 2. The SMILES string of the molecule is CCc1ccc(C2(CCC(C)(C)N)COC2)cc1. The van der Waals surface area contributed by atoms with Crippen LogP contribution in [0.2, 0.25) is 0 Å². The van der Waals surface area contributed by atoms with Gasteiger partial charge in [0.05, 0.1) is 13.2 Å². The highest BCUT2D eigenvalue weighted by molar-refractivity contribution is 5.31. The molecule has 1 aromatic rings. The number of benzene rings is 1. The highest BCUT2D eigenvalue weighted by atomic mass is 16.5. The molecular weight excluding hydrogens is 222 g/mol. The molecule has 1 aliphatic heterocycles. The van der Waals surface area contributed by atoms with Gasteiger partial charge in [0.15, 0.2) is 0 Å². The molecule has 1 aliphatic rings. The first kappa shape index (κ1) is 13.6. The molecule has 1 fully saturated rings. The molecule has 2 N–H and O–H groups in total. The highest BCUT2D eigenvalue weighted by Gasteiger charge is 2.40. The van der Waals surface area contributed by atoms with Gasteiger partial charge in [0.2, 0.25) is 0 Å². The molecule has 1 saturated heterocycles. The van der Waals surface area contributed by atoms with Crippen LogP contribution in [0.5, 0.6) is 0 Å². The molecular formula is C16H25NO. The van der Waals surface area contributed by atoms with Crippen LogP contribution in [0.3, 0.4) is 0 Å². The van der Waals surface area contributed by atoms with Crippen molar-refractivity contribution in [1.29, 1.82) is 0 Å². The number of ether oxygens (including phenoxy) is 1. The maximum atomic E-state index is 6.10. The fraction of sp³-hybridized carbons (Fsp3) is 0.625. The molecule has 0 bridgehead atoms. The molecule has 0 aliphatic carbocycles. The molecule has 100 valence electrons. The molecule has 0 atom stereocenters. The van der Waals surface area contributed by atoms with Crippen LogP contribution >= 0.6 is 0 Å². The summed E-state index contributed by atoms with van der Waals surface area (Å²) in [5.41, 5.74) is 9.03. The Bertz CT molecular complexity index is 385. The maximum absolute atomic E-state index is 6.10. The Kier molecular flexibility index (Phi) is 3.79. The summed E-state index contributed by atoms with van der Waals surface area (Å²) >= 11 is 0. The number of aryl methyl sites for hydroxylation is 1. The molecule has 18 heavy (non-hydrogen) atoms. The van der Waals surface area contributed by atoms with Crippen molar-refractivity contribution < 1.29 is 4.74 Å². The van der Waals surface area contributed by atoms with Gasteiger partial charge in [-0.1, -0.05) is 31.2 Å². The fourth-order valence-corrected chi connectivity index (χ4v) is 2.46. The van der Waals surface area contributed by atoms with Crippen LogP contribution in [0.25, 0.3) is 0 Å². The van der Waals surface area contributed by atoms with Gasteiger partial charge in [-0.3, -0.25) is 0 Å². The minimum atomic E-state index is -0.0913. The van der Waals surface area contributed by atoms with Gasteiger partial charge in [0.25, 0.3) is 0 Å². The standard InChI is InChI=1S/C16H25NO/c1-4-13-5-7-14(8-6-13)16(11-18-12-16)10-9-15(2,3)17/h5-8H,4,9-12,17H2,1-3H3. The van der Waals surface area contributed by atoms with Crippen molar-refractivity contribution in [2.24, 2.45) is 5.73 Å². The lowest BCUT2D eigenvalue weighted by atomic mass is 9.73. The zero-order chi connectivity index (χ0) is 13.2. The topological polar surface area (TPSA) is 35.2 Å². The lowest BCUT2D eigenvalue weighted by Gasteiger charge is -2.43. The quantitative estimate of drug-likeness (QED) is 0.868. The third-order valence-electron chi connectivity index (χ3n) is 3.98. The smallest absolute Gasteiger partial charge is 0.0585 e. The molecule has 2 heteroatoms. The Morgan fingerprint density at radius 3 is 2.22 bits per heavy atom. The Morgan fingerprint density at radius 1 is 1.22 bits per heavy atom. The van der Waals surface area contributed by atoms with Crippen molar-refractivity contribution >= 4 is 0 Å². The van der Waals surface area contributed by atoms with E-state index < -0.39 is 0 Å². The average molecular weight is 247 g/mol. The summed E-state index contributed by atoms with van der Waals surface area (Å²) in [6.07, 6.45) is 3.24. The first-order chi connectivity index (χ1) is 8.45. The van der Waals surface area contributed by atoms with Crippen molar-refractivity contribution in [2.75, 3.05) is 13.2 Å². The van der Waals surface area contributed by atoms with Gasteiger partial charge in [0, 0.05) is 11.0 Å². The first-order valence-electron chi connectivity index (χ1n) is 6.91. The normalized spacial score (nSPS) is 18.4. The maximum Gasteiger partial charge on any atom is 0.0585 e. The van der Waals surface area contributed by atoms with E-state index in [1.54, 1.807) is 0 Å². The lowest BCUT2D eigenvalue weighted by molar-refractivity contribution is -0.0669. The van der Waals surface area contributed by atoms with Gasteiger partial charge >= 0.3 is 0 Å². The lowest BCUT2D eigenvalue weighted by Crippen LogP contribution is -2.48. The molecule has 2 rings (SSSR count). The van der Waals surface area contributed by atoms with Crippen molar-refractivity contribution in [1.82, 2.24) is 0 Å². The molecule has 0 spiro atoms. The highest BCUT2D eigenvalue weighted by Crippen LogP contribution is 2.38. The van der Waals surface area contributed by atoms with Crippen molar-refractivity contribution in [2.45, 2.75) is 51.0 Å². The van der Waals surface area contributed by atoms with E-state index in [9.17, 15) is 0 Å². The molecule has 0 saturated carbocycles. The molecule has 2 nitrogen and oxygen atoms in total. The molecule has 1 heterocycles. The number of rotatable bonds is 5. The molecule has 1 aromatic carbocycles. The van der Waals surface area contributed by atoms with E-state index in [0.717, 1.165) is 32.5 Å². The molecule has 0 radical (unpaired) electrons. The molecule has 0 amide bonds. The Hall–Kier alpha value is -0.860. The van der Waals surface area contributed by atoms with Gasteiger partial charge < -0.3 is 10.5 Å². The van der Waals surface area contributed by atoms with Crippen LogP contribution in [-0.2, 0) is 16.6 Å². The number of nitrogens with two attached hydrogens (primary N) is 1. The van der Waals surface area contributed by atoms with Crippen molar-refractivity contribution in [3.8, 4) is 0 Å². The van der Waals surface area contributed by atoms with Crippen LogP contribution in [0, 0.1) is 0 Å². The van der Waals surface area contributed by atoms with Crippen molar-refractivity contribution in [3.05, 3.63) is 35.4 Å². The largest absolute Gasteiger partial charge is 0.379 e. The summed E-state index contributed by atoms with van der Waals surface area (Å²) in [5.74, 6) is 0. The minimum absolute atomic E-state index is 0.0913. The predicted molar refractivity (Wildman–Crippen MR) is 75.8 cm³/mol. The third-order valence-corrected chi connectivity index (χ3v) is 3.98. The van der Waals surface area contributed by atoms with Gasteiger partial charge in [-0.15, -0.1) is 0 Å². The van der Waals surface area contributed by atoms with Crippen LogP contribution < -0.4 is 5.73 Å². The van der Waals surface area contributed by atoms with Gasteiger partial charge in [-0.2, -0.15) is 0 Å². The predicted octanol–water partition coefficient (Wildman–Crippen LogP) is 3.03. The van der Waals surface area contributed by atoms with E-state index in [1.807, 2.05) is 0 Å². The van der Waals surface area contributed by atoms with E-state index in [2.05, 4.69) is 45.0 Å². The van der Waals surface area contributed by atoms with Crippen LogP contribution in [0.1, 0.15) is 44.7 Å². The van der Waals surface area contributed by atoms with Gasteiger partial charge in [0.1, 0.15) is 0 Å². The summed E-state index contributed by atoms with van der Waals surface area (Å²) in [5, 5.41) is 0. The van der Waals surface area contributed by atoms with Gasteiger partial charge in [-0.05, 0) is 44.2 Å². The summed E-state index contributed by atoms with van der Waals surface area (Å²) in [7, 11) is 0. The van der Waals surface area contributed by atoms with E-state index in [-0.39, 0.29) is 11.0 Å². The fourth-order valence-electron chi connectivity index (χ4n) is 2.46. The van der Waals surface area contributed by atoms with E-state index in [4.69, 9.17) is 10.5 Å². The molecule has 0 aromatic heterocycles. The first-order valence-corrected chi connectivity index (χ1v) is 6.91. The van der Waals surface area contributed by atoms with Gasteiger partial charge in [-0.25, -0.2) is 0 Å². The Morgan fingerprint density at radius 2 is 1.83 bits per heavy atom. The molecule has 0 unspecified atom stereocenters. The zero-order valence-electron chi connectivity index (χ0n) is 11.8. The second-order valence-corrected chi connectivity index (χ2v) is 6.31. The monoisotopic (exact) mass is 247 g/mol. The number of hydrogen-bond donors (Lipinski definition) is 1. The zero-order valence-corrected chi connectivity index (χ0v) is 11.8. The summed E-state index contributed by atoms with van der Waals surface area (Å²) in [4.78, 5) is 0. The summed E-state index contributed by atoms with van der Waals surface area (Å²) in [6.45, 7) is 8.07. The Balaban J connectivity index is 2.11. The van der Waals surface area contributed by atoms with E-state index in [0.29, 0.717) is 0 Å². The Labute approximate surface area is 111 Å². The van der Waals surface area contributed by atoms with E-state index >= 15 is 0 Å². The minimum Gasteiger partial charge on any atom is -0.379 e. The van der Waals surface area contributed by atoms with Crippen LogP contribution in [0.4, 0.5) is 0 Å². The average Bonchev–Trinajstić information content (AvgIpc) is 2.27. The summed E-state index contributed by atoms with van der Waals surface area (Å²) < 4.78 is 5.47. The van der Waals surface area contributed by atoms with Crippen molar-refractivity contribution in [3.63, 3.8) is 0 Å². The second kappa shape index (κ2) is 5.02. The summed E-state index contributed by atoms with van der Waals surface area (Å²) in [6, 6.07) is 9.02. The third kappa shape index (κ3) is 2.93. The van der Waals surface area contributed by atoms with Crippen LogP contribution in [-0.4, -0.2) is 18.8 Å². The van der Waals surface area contributed by atoms with Crippen LogP contribution in [0.15, 0.2) is 24.3 Å².